The lowest BCUT2D eigenvalue weighted by Gasteiger charge is -2.32. The number of rotatable bonds is 5. The number of nitrogens with zero attached hydrogens (tertiary/aromatic N) is 2. The van der Waals surface area contributed by atoms with Crippen molar-refractivity contribution in [2.45, 2.75) is 25.5 Å². The van der Waals surface area contributed by atoms with E-state index >= 15 is 0 Å². The van der Waals surface area contributed by atoms with Crippen molar-refractivity contribution in [3.63, 3.8) is 0 Å². The van der Waals surface area contributed by atoms with Gasteiger partial charge in [0.15, 0.2) is 0 Å². The zero-order valence-electron chi connectivity index (χ0n) is 9.43. The Morgan fingerprint density at radius 3 is 3.31 bits per heavy atom. The molecule has 5 nitrogen and oxygen atoms in total. The van der Waals surface area contributed by atoms with Crippen LogP contribution in [-0.4, -0.2) is 52.6 Å². The summed E-state index contributed by atoms with van der Waals surface area (Å²) in [6.07, 6.45) is 4.30. The van der Waals surface area contributed by atoms with E-state index in [1.54, 1.807) is 6.20 Å². The summed E-state index contributed by atoms with van der Waals surface area (Å²) in [6, 6.07) is 2.00. The molecule has 1 aromatic rings. The van der Waals surface area contributed by atoms with Crippen molar-refractivity contribution in [1.29, 1.82) is 0 Å². The lowest BCUT2D eigenvalue weighted by atomic mass is 10.1. The number of ether oxygens (including phenoxy) is 1. The first-order valence-corrected chi connectivity index (χ1v) is 5.81. The number of aromatic amines is 1. The van der Waals surface area contributed by atoms with Gasteiger partial charge in [0.1, 0.15) is 0 Å². The highest BCUT2D eigenvalue weighted by Gasteiger charge is 2.20. The maximum Gasteiger partial charge on any atom is 0.0703 e. The molecule has 1 aromatic heterocycles. The minimum Gasteiger partial charge on any atom is -0.394 e. The number of hydrogen-bond donors (Lipinski definition) is 2. The van der Waals surface area contributed by atoms with E-state index in [1.807, 2.05) is 6.07 Å². The summed E-state index contributed by atoms with van der Waals surface area (Å²) in [7, 11) is 0. The summed E-state index contributed by atoms with van der Waals surface area (Å²) in [6.45, 7) is 3.51. The topological polar surface area (TPSA) is 61.4 Å². The Bertz CT molecular complexity index is 289. The lowest BCUT2D eigenvalue weighted by Crippen LogP contribution is -2.39. The van der Waals surface area contributed by atoms with Crippen LogP contribution in [-0.2, 0) is 11.3 Å². The largest absolute Gasteiger partial charge is 0.394 e. The number of nitrogens with one attached hydrogen (secondary N) is 1. The van der Waals surface area contributed by atoms with E-state index in [4.69, 9.17) is 9.84 Å². The maximum atomic E-state index is 8.72. The number of aliphatic hydroxyl groups excluding tert-OH is 1. The van der Waals surface area contributed by atoms with Crippen LogP contribution in [0.4, 0.5) is 0 Å². The molecule has 1 aliphatic heterocycles. The van der Waals surface area contributed by atoms with Crippen LogP contribution >= 0.6 is 0 Å². The molecule has 0 spiro atoms. The molecular weight excluding hydrogens is 206 g/mol. The molecule has 0 saturated carbocycles. The number of aromatic nitrogens is 2. The molecule has 2 rings (SSSR count). The van der Waals surface area contributed by atoms with Crippen molar-refractivity contribution in [1.82, 2.24) is 15.1 Å². The molecule has 0 aromatic carbocycles. The summed E-state index contributed by atoms with van der Waals surface area (Å²) in [5, 5.41) is 15.6. The van der Waals surface area contributed by atoms with Crippen LogP contribution in [0.5, 0.6) is 0 Å². The Labute approximate surface area is 95.4 Å². The van der Waals surface area contributed by atoms with E-state index in [1.165, 1.54) is 0 Å². The number of aliphatic hydroxyl groups is 1. The molecule has 16 heavy (non-hydrogen) atoms. The van der Waals surface area contributed by atoms with Crippen molar-refractivity contribution >= 4 is 0 Å². The average molecular weight is 225 g/mol. The van der Waals surface area contributed by atoms with Gasteiger partial charge in [-0.2, -0.15) is 5.10 Å². The fourth-order valence-corrected chi connectivity index (χ4v) is 2.13. The van der Waals surface area contributed by atoms with Crippen molar-refractivity contribution in [3.8, 4) is 0 Å². The van der Waals surface area contributed by atoms with Gasteiger partial charge in [0, 0.05) is 25.0 Å². The van der Waals surface area contributed by atoms with Crippen LogP contribution < -0.4 is 0 Å². The number of piperidine rings is 1. The molecule has 2 N–H and O–H groups in total. The zero-order valence-corrected chi connectivity index (χ0v) is 9.43. The maximum absolute atomic E-state index is 8.72. The van der Waals surface area contributed by atoms with Crippen LogP contribution in [0.3, 0.4) is 0 Å². The highest BCUT2D eigenvalue weighted by molar-refractivity contribution is 4.97. The number of hydrogen-bond acceptors (Lipinski definition) is 4. The SMILES string of the molecule is OCCOC1CCCN(Cc2ccn[nH]2)C1. The highest BCUT2D eigenvalue weighted by Crippen LogP contribution is 2.14. The van der Waals surface area contributed by atoms with Crippen LogP contribution in [0, 0.1) is 0 Å². The smallest absolute Gasteiger partial charge is 0.0703 e. The monoisotopic (exact) mass is 225 g/mol. The third-order valence-electron chi connectivity index (χ3n) is 2.86. The summed E-state index contributed by atoms with van der Waals surface area (Å²) < 4.78 is 5.56. The Morgan fingerprint density at radius 2 is 2.56 bits per heavy atom. The zero-order chi connectivity index (χ0) is 11.2. The predicted octanol–water partition coefficient (Wildman–Crippen LogP) is 0.383. The second kappa shape index (κ2) is 5.98. The average Bonchev–Trinajstić information content (AvgIpc) is 2.80. The van der Waals surface area contributed by atoms with E-state index in [0.29, 0.717) is 6.61 Å². The molecule has 2 heterocycles. The molecule has 0 amide bonds. The third kappa shape index (κ3) is 3.30. The van der Waals surface area contributed by atoms with Crippen LogP contribution in [0.1, 0.15) is 18.5 Å². The van der Waals surface area contributed by atoms with Gasteiger partial charge in [0.05, 0.1) is 19.3 Å². The fraction of sp³-hybridized carbons (Fsp3) is 0.727. The minimum absolute atomic E-state index is 0.108. The van der Waals surface area contributed by atoms with E-state index < -0.39 is 0 Å². The molecule has 1 fully saturated rings. The minimum atomic E-state index is 0.108. The van der Waals surface area contributed by atoms with Gasteiger partial charge < -0.3 is 9.84 Å². The first-order valence-electron chi connectivity index (χ1n) is 5.81. The Hall–Kier alpha value is -0.910. The first kappa shape index (κ1) is 11.6. The summed E-state index contributed by atoms with van der Waals surface area (Å²) in [4.78, 5) is 2.36. The highest BCUT2D eigenvalue weighted by atomic mass is 16.5. The molecule has 0 bridgehead atoms. The summed E-state index contributed by atoms with van der Waals surface area (Å²) in [5.74, 6) is 0. The quantitative estimate of drug-likeness (QED) is 0.760. The predicted molar refractivity (Wildman–Crippen MR) is 59.9 cm³/mol. The van der Waals surface area contributed by atoms with Crippen molar-refractivity contribution in [2.75, 3.05) is 26.3 Å². The van der Waals surface area contributed by atoms with Gasteiger partial charge in [-0.1, -0.05) is 0 Å². The second-order valence-electron chi connectivity index (χ2n) is 4.18. The summed E-state index contributed by atoms with van der Waals surface area (Å²) >= 11 is 0. The Morgan fingerprint density at radius 1 is 1.62 bits per heavy atom. The Balaban J connectivity index is 1.77. The summed E-state index contributed by atoms with van der Waals surface area (Å²) in [5.41, 5.74) is 1.14. The van der Waals surface area contributed by atoms with Crippen molar-refractivity contribution in [3.05, 3.63) is 18.0 Å². The molecule has 90 valence electrons. The van der Waals surface area contributed by atoms with E-state index in [0.717, 1.165) is 38.2 Å². The van der Waals surface area contributed by atoms with Gasteiger partial charge in [0.2, 0.25) is 0 Å². The standard InChI is InChI=1S/C11H19N3O2/c15-6-7-16-11-2-1-5-14(9-11)8-10-3-4-12-13-10/h3-4,11,15H,1-2,5-9H2,(H,12,13). The van der Waals surface area contributed by atoms with Gasteiger partial charge in [-0.15, -0.1) is 0 Å². The molecule has 0 aliphatic carbocycles. The van der Waals surface area contributed by atoms with Gasteiger partial charge in [-0.25, -0.2) is 0 Å². The number of likely N-dealkylation sites (tertiary alicyclic amines) is 1. The Kier molecular flexibility index (Phi) is 4.33. The third-order valence-corrected chi connectivity index (χ3v) is 2.86. The molecule has 5 heteroatoms. The molecule has 1 saturated heterocycles. The second-order valence-corrected chi connectivity index (χ2v) is 4.18. The van der Waals surface area contributed by atoms with Gasteiger partial charge in [-0.3, -0.25) is 10.00 Å². The van der Waals surface area contributed by atoms with Crippen molar-refractivity contribution < 1.29 is 9.84 Å². The van der Waals surface area contributed by atoms with Gasteiger partial charge in [-0.05, 0) is 25.5 Å². The van der Waals surface area contributed by atoms with E-state index in [-0.39, 0.29) is 12.7 Å². The molecule has 1 atom stereocenters. The number of H-pyrrole nitrogens is 1. The van der Waals surface area contributed by atoms with Crippen LogP contribution in [0.2, 0.25) is 0 Å². The van der Waals surface area contributed by atoms with Crippen molar-refractivity contribution in [2.24, 2.45) is 0 Å². The molecular formula is C11H19N3O2. The van der Waals surface area contributed by atoms with E-state index in [9.17, 15) is 0 Å². The molecule has 0 radical (unpaired) electrons. The first-order chi connectivity index (χ1) is 7.88. The van der Waals surface area contributed by atoms with Crippen LogP contribution in [0.15, 0.2) is 12.3 Å². The van der Waals surface area contributed by atoms with Gasteiger partial charge in [0.25, 0.3) is 0 Å². The van der Waals surface area contributed by atoms with E-state index in [2.05, 4.69) is 15.1 Å². The van der Waals surface area contributed by atoms with Gasteiger partial charge >= 0.3 is 0 Å². The molecule has 1 unspecified atom stereocenters. The van der Waals surface area contributed by atoms with Crippen LogP contribution in [0.25, 0.3) is 0 Å². The lowest BCUT2D eigenvalue weighted by molar-refractivity contribution is -0.0165. The fourth-order valence-electron chi connectivity index (χ4n) is 2.13. The molecule has 1 aliphatic rings. The normalized spacial score (nSPS) is 22.4.